The maximum Gasteiger partial charge on any atom is 0.219 e. The van der Waals surface area contributed by atoms with E-state index in [1.165, 1.54) is 24.0 Å². The third-order valence-corrected chi connectivity index (χ3v) is 6.52. The van der Waals surface area contributed by atoms with E-state index in [2.05, 4.69) is 23.1 Å². The summed E-state index contributed by atoms with van der Waals surface area (Å²) in [6.07, 6.45) is 4.80. The lowest BCUT2D eigenvalue weighted by atomic mass is 9.85. The van der Waals surface area contributed by atoms with Gasteiger partial charge in [-0.3, -0.25) is 9.69 Å². The summed E-state index contributed by atoms with van der Waals surface area (Å²) in [6.45, 7) is 4.10. The molecule has 1 amide bonds. The van der Waals surface area contributed by atoms with E-state index in [0.29, 0.717) is 30.3 Å². The number of rotatable bonds is 6. The number of amides is 1. The predicted octanol–water partition coefficient (Wildman–Crippen LogP) is 4.15. The number of carbonyl (C=O) groups is 1. The Morgan fingerprint density at radius 2 is 1.79 bits per heavy atom. The minimum atomic E-state index is 0.144. The fraction of sp³-hybridized carbons (Fsp3) is 0.458. The minimum absolute atomic E-state index is 0.144. The number of phenolic OH excluding ortho intramolecular Hbond substituents is 1. The molecule has 2 aliphatic heterocycles. The van der Waals surface area contributed by atoms with E-state index >= 15 is 0 Å². The molecule has 4 heteroatoms. The van der Waals surface area contributed by atoms with Gasteiger partial charge in [0.2, 0.25) is 5.91 Å². The average molecular weight is 379 g/mol. The molecule has 4 rings (SSSR count). The second kappa shape index (κ2) is 8.36. The maximum atomic E-state index is 12.2. The number of fused-ring (bicyclic) bond motifs is 2. The molecule has 2 aromatic rings. The molecular weight excluding hydrogens is 348 g/mol. The van der Waals surface area contributed by atoms with Gasteiger partial charge in [0.05, 0.1) is 0 Å². The zero-order valence-corrected chi connectivity index (χ0v) is 16.6. The molecule has 0 unspecified atom stereocenters. The normalized spacial score (nSPS) is 24.2. The van der Waals surface area contributed by atoms with E-state index in [1.54, 1.807) is 13.0 Å². The number of phenols is 1. The first-order chi connectivity index (χ1) is 13.6. The first kappa shape index (κ1) is 19.0. The summed E-state index contributed by atoms with van der Waals surface area (Å²) >= 11 is 0. The lowest BCUT2D eigenvalue weighted by Gasteiger charge is -2.40. The fourth-order valence-corrected chi connectivity index (χ4v) is 5.08. The Bertz CT molecular complexity index is 793. The number of carbonyl (C=O) groups excluding carboxylic acids is 1. The SMILES string of the molecule is CC(=O)N(CCN1[C@@H]2CC[C@H]1C[C@@H](c1cccc(O)c1)C2)Cc1ccccc1. The van der Waals surface area contributed by atoms with E-state index in [0.717, 1.165) is 25.9 Å². The number of piperidine rings is 1. The summed E-state index contributed by atoms with van der Waals surface area (Å²) in [6, 6.07) is 19.2. The van der Waals surface area contributed by atoms with Crippen LogP contribution < -0.4 is 0 Å². The second-order valence-corrected chi connectivity index (χ2v) is 8.31. The van der Waals surface area contributed by atoms with Gasteiger partial charge in [0.25, 0.3) is 0 Å². The zero-order chi connectivity index (χ0) is 19.5. The van der Waals surface area contributed by atoms with E-state index in [1.807, 2.05) is 35.2 Å². The lowest BCUT2D eigenvalue weighted by Crippen LogP contribution is -2.46. The van der Waals surface area contributed by atoms with Crippen molar-refractivity contribution in [3.8, 4) is 5.75 Å². The molecule has 2 bridgehead atoms. The lowest BCUT2D eigenvalue weighted by molar-refractivity contribution is -0.129. The number of aromatic hydroxyl groups is 1. The summed E-state index contributed by atoms with van der Waals surface area (Å²) in [4.78, 5) is 16.8. The number of hydrogen-bond donors (Lipinski definition) is 1. The van der Waals surface area contributed by atoms with E-state index < -0.39 is 0 Å². The van der Waals surface area contributed by atoms with Gasteiger partial charge in [-0.2, -0.15) is 0 Å². The van der Waals surface area contributed by atoms with Crippen LogP contribution in [0.1, 0.15) is 49.7 Å². The monoisotopic (exact) mass is 378 g/mol. The van der Waals surface area contributed by atoms with Gasteiger partial charge >= 0.3 is 0 Å². The first-order valence-electron chi connectivity index (χ1n) is 10.4. The molecule has 2 saturated heterocycles. The number of benzene rings is 2. The smallest absolute Gasteiger partial charge is 0.219 e. The average Bonchev–Trinajstić information content (AvgIpc) is 2.93. The number of nitrogens with zero attached hydrogens (tertiary/aromatic N) is 2. The van der Waals surface area contributed by atoms with Crippen molar-refractivity contribution in [1.29, 1.82) is 0 Å². The van der Waals surface area contributed by atoms with Crippen molar-refractivity contribution in [3.05, 3.63) is 65.7 Å². The van der Waals surface area contributed by atoms with Crippen molar-refractivity contribution in [2.45, 2.75) is 57.2 Å². The molecule has 28 heavy (non-hydrogen) atoms. The van der Waals surface area contributed by atoms with Gasteiger partial charge in [-0.25, -0.2) is 0 Å². The van der Waals surface area contributed by atoms with Crippen molar-refractivity contribution in [1.82, 2.24) is 9.80 Å². The van der Waals surface area contributed by atoms with E-state index in [9.17, 15) is 9.90 Å². The van der Waals surface area contributed by atoms with Crippen LogP contribution in [0.15, 0.2) is 54.6 Å². The highest BCUT2D eigenvalue weighted by Crippen LogP contribution is 2.43. The highest BCUT2D eigenvalue weighted by molar-refractivity contribution is 5.73. The molecule has 4 nitrogen and oxygen atoms in total. The molecular formula is C24H30N2O2. The van der Waals surface area contributed by atoms with Crippen LogP contribution in [0.5, 0.6) is 5.75 Å². The van der Waals surface area contributed by atoms with Crippen molar-refractivity contribution >= 4 is 5.91 Å². The van der Waals surface area contributed by atoms with Crippen LogP contribution in [0.25, 0.3) is 0 Å². The van der Waals surface area contributed by atoms with Crippen molar-refractivity contribution < 1.29 is 9.90 Å². The molecule has 0 spiro atoms. The van der Waals surface area contributed by atoms with E-state index in [4.69, 9.17) is 0 Å². The first-order valence-corrected chi connectivity index (χ1v) is 10.4. The third-order valence-electron chi connectivity index (χ3n) is 6.52. The minimum Gasteiger partial charge on any atom is -0.508 e. The fourth-order valence-electron chi connectivity index (χ4n) is 5.08. The summed E-state index contributed by atoms with van der Waals surface area (Å²) in [5.41, 5.74) is 2.45. The van der Waals surface area contributed by atoms with Crippen LogP contribution in [-0.4, -0.2) is 46.0 Å². The third kappa shape index (κ3) is 4.22. The Morgan fingerprint density at radius 3 is 2.43 bits per heavy atom. The molecule has 2 aliphatic rings. The van der Waals surface area contributed by atoms with Gasteiger partial charge in [0.15, 0.2) is 0 Å². The molecule has 148 valence electrons. The maximum absolute atomic E-state index is 12.2. The van der Waals surface area contributed by atoms with Crippen LogP contribution in [0.2, 0.25) is 0 Å². The van der Waals surface area contributed by atoms with Crippen LogP contribution >= 0.6 is 0 Å². The molecule has 2 aromatic carbocycles. The van der Waals surface area contributed by atoms with Gasteiger partial charge in [-0.1, -0.05) is 42.5 Å². The Labute approximate surface area is 167 Å². The van der Waals surface area contributed by atoms with Gasteiger partial charge < -0.3 is 10.0 Å². The van der Waals surface area contributed by atoms with Gasteiger partial charge in [-0.05, 0) is 54.9 Å². The summed E-state index contributed by atoms with van der Waals surface area (Å²) in [5.74, 6) is 1.05. The summed E-state index contributed by atoms with van der Waals surface area (Å²) in [7, 11) is 0. The van der Waals surface area contributed by atoms with Crippen LogP contribution in [0.4, 0.5) is 0 Å². The molecule has 0 aliphatic carbocycles. The molecule has 2 fully saturated rings. The topological polar surface area (TPSA) is 43.8 Å². The van der Waals surface area contributed by atoms with Crippen LogP contribution in [0, 0.1) is 0 Å². The van der Waals surface area contributed by atoms with Gasteiger partial charge in [0.1, 0.15) is 5.75 Å². The standard InChI is InChI=1S/C24H30N2O2/c1-18(27)25(17-19-6-3-2-4-7-19)12-13-26-22-10-11-23(26)15-21(14-22)20-8-5-9-24(28)16-20/h2-9,16,21-23,28H,10-15,17H2,1H3/t21-,22+,23-. The molecule has 0 saturated carbocycles. The molecule has 2 heterocycles. The van der Waals surface area contributed by atoms with Crippen LogP contribution in [-0.2, 0) is 11.3 Å². The van der Waals surface area contributed by atoms with Crippen LogP contribution in [0.3, 0.4) is 0 Å². The molecule has 0 radical (unpaired) electrons. The van der Waals surface area contributed by atoms with Crippen molar-refractivity contribution in [2.75, 3.05) is 13.1 Å². The van der Waals surface area contributed by atoms with Crippen molar-refractivity contribution in [2.24, 2.45) is 0 Å². The van der Waals surface area contributed by atoms with Gasteiger partial charge in [0, 0.05) is 38.6 Å². The highest BCUT2D eigenvalue weighted by atomic mass is 16.3. The molecule has 0 aromatic heterocycles. The Balaban J connectivity index is 1.37. The quantitative estimate of drug-likeness (QED) is 0.821. The van der Waals surface area contributed by atoms with Gasteiger partial charge in [-0.15, -0.1) is 0 Å². The summed E-state index contributed by atoms with van der Waals surface area (Å²) < 4.78 is 0. The Kier molecular flexibility index (Phi) is 5.67. The second-order valence-electron chi connectivity index (χ2n) is 8.31. The zero-order valence-electron chi connectivity index (χ0n) is 16.6. The predicted molar refractivity (Wildman–Crippen MR) is 111 cm³/mol. The van der Waals surface area contributed by atoms with E-state index in [-0.39, 0.29) is 5.91 Å². The largest absolute Gasteiger partial charge is 0.508 e. The molecule has 1 N–H and O–H groups in total. The summed E-state index contributed by atoms with van der Waals surface area (Å²) in [5, 5.41) is 9.81. The van der Waals surface area contributed by atoms with Crippen molar-refractivity contribution in [3.63, 3.8) is 0 Å². The Hall–Kier alpha value is -2.33. The highest BCUT2D eigenvalue weighted by Gasteiger charge is 2.40. The Morgan fingerprint density at radius 1 is 1.07 bits per heavy atom. The number of hydrogen-bond acceptors (Lipinski definition) is 3. The molecule has 3 atom stereocenters.